The number of nitrogens with zero attached hydrogens (tertiary/aromatic N) is 1. The molecule has 0 amide bonds. The van der Waals surface area contributed by atoms with Gasteiger partial charge in [0.25, 0.3) is 0 Å². The first-order chi connectivity index (χ1) is 8.95. The topological polar surface area (TPSA) is 66.7 Å². The van der Waals surface area contributed by atoms with Gasteiger partial charge in [-0.25, -0.2) is 8.57 Å². The Hall–Kier alpha value is -1.07. The Balaban J connectivity index is 2.94. The summed E-state index contributed by atoms with van der Waals surface area (Å²) in [5, 5.41) is 9.42. The highest BCUT2D eigenvalue weighted by atomic mass is 35.5. The zero-order valence-electron chi connectivity index (χ0n) is 10.8. The maximum absolute atomic E-state index is 12.6. The number of carboxylic acids is 1. The third-order valence-electron chi connectivity index (χ3n) is 2.47. The monoisotopic (exact) mass is 303 g/mol. The molecule has 0 spiro atoms. The fourth-order valence-corrected chi connectivity index (χ4v) is 3.66. The van der Waals surface area contributed by atoms with Crippen LogP contribution in [0.4, 0.5) is 0 Å². The van der Waals surface area contributed by atoms with Crippen LogP contribution in [-0.2, 0) is 20.3 Å². The highest BCUT2D eigenvalue weighted by molar-refractivity contribution is 7.93. The van der Waals surface area contributed by atoms with Crippen LogP contribution in [0.5, 0.6) is 0 Å². The average Bonchev–Trinajstić information content (AvgIpc) is 2.27. The maximum atomic E-state index is 12.6. The van der Waals surface area contributed by atoms with Crippen molar-refractivity contribution in [2.75, 3.05) is 12.3 Å². The summed E-state index contributed by atoms with van der Waals surface area (Å²) in [5.74, 6) is -1.39. The normalized spacial score (nSPS) is 13.8. The van der Waals surface area contributed by atoms with E-state index < -0.39 is 21.5 Å². The Kier molecular flexibility index (Phi) is 6.31. The minimum atomic E-state index is -2.76. The number of rotatable bonds is 7. The van der Waals surface area contributed by atoms with Crippen molar-refractivity contribution in [1.82, 2.24) is 0 Å². The summed E-state index contributed by atoms with van der Waals surface area (Å²) in [5.41, 5.74) is 0.749. The van der Waals surface area contributed by atoms with E-state index in [1.807, 2.05) is 6.92 Å². The SMILES string of the molecule is CCCCN=S(=O)(CC(=O)O)Cc1cccc(Cl)c1. The van der Waals surface area contributed by atoms with E-state index in [4.69, 9.17) is 16.7 Å². The van der Waals surface area contributed by atoms with Crippen molar-refractivity contribution in [3.8, 4) is 0 Å². The summed E-state index contributed by atoms with van der Waals surface area (Å²) in [7, 11) is -2.76. The maximum Gasteiger partial charge on any atom is 0.317 e. The van der Waals surface area contributed by atoms with Gasteiger partial charge in [-0.2, -0.15) is 0 Å². The second-order valence-electron chi connectivity index (χ2n) is 4.29. The first-order valence-electron chi connectivity index (χ1n) is 6.10. The molecule has 19 heavy (non-hydrogen) atoms. The van der Waals surface area contributed by atoms with Crippen LogP contribution in [-0.4, -0.2) is 27.6 Å². The first-order valence-corrected chi connectivity index (χ1v) is 8.33. The molecule has 0 aliphatic rings. The molecule has 6 heteroatoms. The van der Waals surface area contributed by atoms with Gasteiger partial charge in [-0.15, -0.1) is 0 Å². The molecular formula is C13H18ClNO3S. The molecule has 0 heterocycles. The van der Waals surface area contributed by atoms with E-state index in [-0.39, 0.29) is 5.75 Å². The van der Waals surface area contributed by atoms with Gasteiger partial charge in [-0.1, -0.05) is 37.1 Å². The average molecular weight is 304 g/mol. The number of halogens is 1. The Morgan fingerprint density at radius 3 is 2.79 bits per heavy atom. The fraction of sp³-hybridized carbons (Fsp3) is 0.462. The van der Waals surface area contributed by atoms with Gasteiger partial charge in [0.2, 0.25) is 0 Å². The number of hydrogen-bond donors (Lipinski definition) is 1. The summed E-state index contributed by atoms with van der Waals surface area (Å²) in [6.45, 7) is 2.44. The summed E-state index contributed by atoms with van der Waals surface area (Å²) >= 11 is 5.87. The van der Waals surface area contributed by atoms with E-state index in [0.717, 1.165) is 18.4 Å². The van der Waals surface area contributed by atoms with Crippen molar-refractivity contribution in [2.24, 2.45) is 4.36 Å². The standard InChI is InChI=1S/C13H18ClNO3S/c1-2-3-7-15-19(18,10-13(16)17)9-11-5-4-6-12(14)8-11/h4-6,8H,2-3,7,9-10H2,1H3,(H,16,17). The quantitative estimate of drug-likeness (QED) is 0.787. The number of aliphatic carboxylic acids is 1. The van der Waals surface area contributed by atoms with Crippen LogP contribution >= 0.6 is 11.6 Å². The molecule has 0 fully saturated rings. The van der Waals surface area contributed by atoms with Crippen LogP contribution in [0.1, 0.15) is 25.3 Å². The Morgan fingerprint density at radius 2 is 2.21 bits per heavy atom. The molecule has 1 unspecified atom stereocenters. The molecule has 1 atom stereocenters. The van der Waals surface area contributed by atoms with Gasteiger partial charge in [0.1, 0.15) is 5.75 Å². The van der Waals surface area contributed by atoms with Gasteiger partial charge in [0, 0.05) is 11.6 Å². The van der Waals surface area contributed by atoms with Crippen molar-refractivity contribution in [3.63, 3.8) is 0 Å². The van der Waals surface area contributed by atoms with E-state index in [1.54, 1.807) is 24.3 Å². The van der Waals surface area contributed by atoms with E-state index in [2.05, 4.69) is 4.36 Å². The highest BCUT2D eigenvalue weighted by Gasteiger charge is 2.15. The number of unbranched alkanes of at least 4 members (excludes halogenated alkanes) is 1. The molecule has 0 aliphatic carbocycles. The van der Waals surface area contributed by atoms with Gasteiger partial charge in [0.05, 0.1) is 15.5 Å². The van der Waals surface area contributed by atoms with E-state index in [0.29, 0.717) is 11.6 Å². The molecule has 1 rings (SSSR count). The van der Waals surface area contributed by atoms with Crippen LogP contribution in [0.3, 0.4) is 0 Å². The molecule has 1 aromatic rings. The van der Waals surface area contributed by atoms with Crippen LogP contribution in [0.2, 0.25) is 5.02 Å². The van der Waals surface area contributed by atoms with Crippen LogP contribution in [0.25, 0.3) is 0 Å². The Morgan fingerprint density at radius 1 is 1.47 bits per heavy atom. The molecule has 0 radical (unpaired) electrons. The zero-order chi connectivity index (χ0) is 14.3. The number of hydrogen-bond acceptors (Lipinski definition) is 3. The third kappa shape index (κ3) is 6.07. The van der Waals surface area contributed by atoms with Crippen molar-refractivity contribution < 1.29 is 14.1 Å². The lowest BCUT2D eigenvalue weighted by Gasteiger charge is -2.08. The molecule has 4 nitrogen and oxygen atoms in total. The minimum absolute atomic E-state index is 0.129. The lowest BCUT2D eigenvalue weighted by molar-refractivity contribution is -0.134. The predicted octanol–water partition coefficient (Wildman–Crippen LogP) is 3.19. The van der Waals surface area contributed by atoms with E-state index >= 15 is 0 Å². The molecule has 106 valence electrons. The molecular weight excluding hydrogens is 286 g/mol. The van der Waals surface area contributed by atoms with Crippen LogP contribution in [0.15, 0.2) is 28.6 Å². The van der Waals surface area contributed by atoms with Crippen LogP contribution < -0.4 is 0 Å². The number of carboxylic acid groups (broad SMARTS) is 1. The van der Waals surface area contributed by atoms with Gasteiger partial charge in [-0.3, -0.25) is 4.79 Å². The van der Waals surface area contributed by atoms with Gasteiger partial charge in [0.15, 0.2) is 0 Å². The lowest BCUT2D eigenvalue weighted by Crippen LogP contribution is -2.17. The molecule has 0 bridgehead atoms. The Bertz CT molecular complexity index is 551. The summed E-state index contributed by atoms with van der Waals surface area (Å²) < 4.78 is 16.7. The zero-order valence-corrected chi connectivity index (χ0v) is 12.4. The van der Waals surface area contributed by atoms with Crippen molar-refractivity contribution in [1.29, 1.82) is 0 Å². The molecule has 0 saturated heterocycles. The Labute approximate surface area is 119 Å². The highest BCUT2D eigenvalue weighted by Crippen LogP contribution is 2.15. The third-order valence-corrected chi connectivity index (χ3v) is 4.84. The molecule has 0 aliphatic heterocycles. The summed E-state index contributed by atoms with van der Waals surface area (Å²) in [4.78, 5) is 10.8. The van der Waals surface area contributed by atoms with E-state index in [9.17, 15) is 9.00 Å². The smallest absolute Gasteiger partial charge is 0.317 e. The van der Waals surface area contributed by atoms with Gasteiger partial charge < -0.3 is 5.11 Å². The molecule has 0 aromatic heterocycles. The molecule has 1 N–H and O–H groups in total. The molecule has 1 aromatic carbocycles. The summed E-state index contributed by atoms with van der Waals surface area (Å²) in [6, 6.07) is 6.95. The fourth-order valence-electron chi connectivity index (χ4n) is 1.61. The minimum Gasteiger partial charge on any atom is -0.481 e. The van der Waals surface area contributed by atoms with E-state index in [1.165, 1.54) is 0 Å². The van der Waals surface area contributed by atoms with Gasteiger partial charge >= 0.3 is 5.97 Å². The first kappa shape index (κ1) is 16.0. The van der Waals surface area contributed by atoms with Crippen molar-refractivity contribution in [3.05, 3.63) is 34.9 Å². The largest absolute Gasteiger partial charge is 0.481 e. The summed E-state index contributed by atoms with van der Waals surface area (Å²) in [6.07, 6.45) is 1.75. The second-order valence-corrected chi connectivity index (χ2v) is 7.11. The number of benzene rings is 1. The van der Waals surface area contributed by atoms with Crippen LogP contribution in [0, 0.1) is 0 Å². The van der Waals surface area contributed by atoms with Crippen molar-refractivity contribution in [2.45, 2.75) is 25.5 Å². The second kappa shape index (κ2) is 7.50. The predicted molar refractivity (Wildman–Crippen MR) is 78.0 cm³/mol. The number of carbonyl (C=O) groups is 1. The van der Waals surface area contributed by atoms with Crippen molar-refractivity contribution >= 4 is 27.3 Å². The lowest BCUT2D eigenvalue weighted by atomic mass is 10.2. The molecule has 0 saturated carbocycles. The van der Waals surface area contributed by atoms with Gasteiger partial charge in [-0.05, 0) is 24.1 Å².